The van der Waals surface area contributed by atoms with Gasteiger partial charge in [-0.2, -0.15) is 0 Å². The lowest BCUT2D eigenvalue weighted by Crippen LogP contribution is -2.43. The quantitative estimate of drug-likeness (QED) is 0.587. The summed E-state index contributed by atoms with van der Waals surface area (Å²) in [6.45, 7) is 2.16. The lowest BCUT2D eigenvalue weighted by Gasteiger charge is -2.25. The van der Waals surface area contributed by atoms with Crippen LogP contribution in [-0.2, 0) is 9.59 Å². The van der Waals surface area contributed by atoms with Crippen molar-refractivity contribution in [1.82, 2.24) is 5.32 Å². The lowest BCUT2D eigenvalue weighted by molar-refractivity contribution is -0.117. The Bertz CT molecular complexity index is 958. The molecule has 0 saturated heterocycles. The van der Waals surface area contributed by atoms with Crippen LogP contribution in [0.1, 0.15) is 18.4 Å². The smallest absolute Gasteiger partial charge is 0.251 e. The Morgan fingerprint density at radius 1 is 0.931 bits per heavy atom. The number of carbonyl (C=O) groups is 2. The Hall–Kier alpha value is -3.80. The fourth-order valence-electron chi connectivity index (χ4n) is 2.71. The summed E-state index contributed by atoms with van der Waals surface area (Å²) in [7, 11) is 0. The second kappa shape index (κ2) is 9.94. The van der Waals surface area contributed by atoms with Crippen LogP contribution < -0.4 is 10.2 Å². The van der Waals surface area contributed by atoms with Crippen LogP contribution in [0.3, 0.4) is 0 Å². The Morgan fingerprint density at radius 2 is 1.55 bits per heavy atom. The Kier molecular flexibility index (Phi) is 6.84. The van der Waals surface area contributed by atoms with Gasteiger partial charge in [0.2, 0.25) is 5.91 Å². The molecule has 0 spiro atoms. The molecule has 6 heteroatoms. The molecule has 6 nitrogen and oxygen atoms in total. The molecule has 0 saturated carbocycles. The van der Waals surface area contributed by atoms with Crippen molar-refractivity contribution in [3.8, 4) is 0 Å². The van der Waals surface area contributed by atoms with Crippen LogP contribution in [0.4, 0.5) is 5.69 Å². The van der Waals surface area contributed by atoms with Crippen LogP contribution in [0.15, 0.2) is 88.1 Å². The van der Waals surface area contributed by atoms with E-state index >= 15 is 0 Å². The first-order chi connectivity index (χ1) is 14.1. The van der Waals surface area contributed by atoms with Crippen LogP contribution >= 0.6 is 0 Å². The number of carbonyl (C=O) groups excluding carboxylic acids is 2. The number of nitrogens with zero attached hydrogens (tertiary/aromatic N) is 1. The topological polar surface area (TPSA) is 75.7 Å². The van der Waals surface area contributed by atoms with Gasteiger partial charge in [-0.05, 0) is 55.5 Å². The van der Waals surface area contributed by atoms with E-state index in [2.05, 4.69) is 5.32 Å². The van der Waals surface area contributed by atoms with Gasteiger partial charge in [-0.15, -0.1) is 0 Å². The second-order valence-electron chi connectivity index (χ2n) is 6.39. The highest BCUT2D eigenvalue weighted by Gasteiger charge is 2.17. The lowest BCUT2D eigenvalue weighted by atomic mass is 10.2. The number of furan rings is 2. The summed E-state index contributed by atoms with van der Waals surface area (Å²) < 4.78 is 10.4. The molecule has 1 N–H and O–H groups in total. The molecule has 1 atom stereocenters. The van der Waals surface area contributed by atoms with E-state index in [1.165, 1.54) is 12.2 Å². The standard InChI is InChI=1S/C23H22N2O4/c1-18(24-22(26)13-11-20-9-5-15-28-20)17-25(19-7-3-2-4-8-19)23(27)14-12-21-10-6-16-29-21/h2-16,18H,17H2,1H3,(H,24,26). The second-order valence-corrected chi connectivity index (χ2v) is 6.39. The average molecular weight is 390 g/mol. The highest BCUT2D eigenvalue weighted by molar-refractivity contribution is 6.03. The molecule has 0 radical (unpaired) electrons. The number of hydrogen-bond donors (Lipinski definition) is 1. The maximum atomic E-state index is 12.8. The van der Waals surface area contributed by atoms with Gasteiger partial charge in [-0.3, -0.25) is 9.59 Å². The van der Waals surface area contributed by atoms with Gasteiger partial charge in [0.15, 0.2) is 0 Å². The van der Waals surface area contributed by atoms with Gasteiger partial charge < -0.3 is 19.1 Å². The molecule has 1 aromatic carbocycles. The third kappa shape index (κ3) is 6.10. The van der Waals surface area contributed by atoms with Crippen LogP contribution in [0, 0.1) is 0 Å². The average Bonchev–Trinajstić information content (AvgIpc) is 3.43. The first kappa shape index (κ1) is 19.9. The van der Waals surface area contributed by atoms with Crippen molar-refractivity contribution >= 4 is 29.7 Å². The van der Waals surface area contributed by atoms with Crippen molar-refractivity contribution in [2.45, 2.75) is 13.0 Å². The molecule has 148 valence electrons. The van der Waals surface area contributed by atoms with Gasteiger partial charge >= 0.3 is 0 Å². The number of para-hydroxylation sites is 1. The summed E-state index contributed by atoms with van der Waals surface area (Å²) in [5.41, 5.74) is 0.744. The van der Waals surface area contributed by atoms with Gasteiger partial charge in [0, 0.05) is 30.4 Å². The van der Waals surface area contributed by atoms with Crippen molar-refractivity contribution in [1.29, 1.82) is 0 Å². The zero-order chi connectivity index (χ0) is 20.5. The van der Waals surface area contributed by atoms with Crippen LogP contribution in [0.2, 0.25) is 0 Å². The molecule has 1 unspecified atom stereocenters. The minimum Gasteiger partial charge on any atom is -0.465 e. The third-order valence-corrected chi connectivity index (χ3v) is 4.05. The van der Waals surface area contributed by atoms with Crippen molar-refractivity contribution in [3.05, 3.63) is 90.8 Å². The van der Waals surface area contributed by atoms with E-state index in [4.69, 9.17) is 8.83 Å². The highest BCUT2D eigenvalue weighted by Crippen LogP contribution is 2.15. The Labute approximate surface area is 169 Å². The van der Waals surface area contributed by atoms with Crippen LogP contribution in [0.5, 0.6) is 0 Å². The Morgan fingerprint density at radius 3 is 2.14 bits per heavy atom. The van der Waals surface area contributed by atoms with Crippen LogP contribution in [0.25, 0.3) is 12.2 Å². The van der Waals surface area contributed by atoms with Crippen molar-refractivity contribution < 1.29 is 18.4 Å². The van der Waals surface area contributed by atoms with E-state index < -0.39 is 0 Å². The van der Waals surface area contributed by atoms with Crippen molar-refractivity contribution in [3.63, 3.8) is 0 Å². The molecule has 0 aliphatic carbocycles. The summed E-state index contributed by atoms with van der Waals surface area (Å²) in [4.78, 5) is 26.6. The van der Waals surface area contributed by atoms with E-state index in [-0.39, 0.29) is 17.9 Å². The first-order valence-electron chi connectivity index (χ1n) is 9.22. The first-order valence-corrected chi connectivity index (χ1v) is 9.22. The number of nitrogens with one attached hydrogen (secondary N) is 1. The normalized spacial score (nSPS) is 12.3. The molecule has 0 fully saturated rings. The maximum absolute atomic E-state index is 12.8. The molecule has 29 heavy (non-hydrogen) atoms. The fourth-order valence-corrected chi connectivity index (χ4v) is 2.71. The molecule has 0 bridgehead atoms. The maximum Gasteiger partial charge on any atom is 0.251 e. The summed E-state index contributed by atoms with van der Waals surface area (Å²) in [5, 5.41) is 2.86. The van der Waals surface area contributed by atoms with Crippen molar-refractivity contribution in [2.75, 3.05) is 11.4 Å². The number of rotatable bonds is 8. The number of hydrogen-bond acceptors (Lipinski definition) is 4. The minimum absolute atomic E-state index is 0.208. The van der Waals surface area contributed by atoms with E-state index in [1.807, 2.05) is 37.3 Å². The van der Waals surface area contributed by atoms with Gasteiger partial charge in [0.25, 0.3) is 5.91 Å². The highest BCUT2D eigenvalue weighted by atomic mass is 16.3. The molecular weight excluding hydrogens is 368 g/mol. The molecule has 0 aliphatic heterocycles. The molecule has 3 rings (SSSR count). The van der Waals surface area contributed by atoms with Crippen molar-refractivity contribution in [2.24, 2.45) is 0 Å². The molecular formula is C23H22N2O4. The SMILES string of the molecule is CC(CN(C(=O)C=Cc1ccco1)c1ccccc1)NC(=O)C=Cc1ccco1. The van der Waals surface area contributed by atoms with Crippen LogP contribution in [-0.4, -0.2) is 24.4 Å². The monoisotopic (exact) mass is 390 g/mol. The summed E-state index contributed by atoms with van der Waals surface area (Å²) in [5.74, 6) is 0.716. The predicted octanol–water partition coefficient (Wildman–Crippen LogP) is 4.14. The fraction of sp³-hybridized carbons (Fsp3) is 0.130. The van der Waals surface area contributed by atoms with Gasteiger partial charge in [-0.1, -0.05) is 18.2 Å². The van der Waals surface area contributed by atoms with E-state index in [1.54, 1.807) is 53.8 Å². The molecule has 2 amide bonds. The zero-order valence-corrected chi connectivity index (χ0v) is 16.0. The van der Waals surface area contributed by atoms with Gasteiger partial charge in [0.05, 0.1) is 12.5 Å². The molecule has 0 aliphatic rings. The summed E-state index contributed by atoms with van der Waals surface area (Å²) in [6.07, 6.45) is 9.16. The number of benzene rings is 1. The largest absolute Gasteiger partial charge is 0.465 e. The van der Waals surface area contributed by atoms with E-state index in [9.17, 15) is 9.59 Å². The van der Waals surface area contributed by atoms with Gasteiger partial charge in [-0.25, -0.2) is 0 Å². The molecule has 2 heterocycles. The Balaban J connectivity index is 1.66. The molecule has 3 aromatic rings. The zero-order valence-electron chi connectivity index (χ0n) is 16.0. The number of anilines is 1. The molecule has 2 aromatic heterocycles. The minimum atomic E-state index is -0.273. The van der Waals surface area contributed by atoms with E-state index in [0.717, 1.165) is 5.69 Å². The number of amides is 2. The van der Waals surface area contributed by atoms with E-state index in [0.29, 0.717) is 18.1 Å². The summed E-state index contributed by atoms with van der Waals surface area (Å²) in [6, 6.07) is 16.1. The third-order valence-electron chi connectivity index (χ3n) is 4.05. The predicted molar refractivity (Wildman–Crippen MR) is 112 cm³/mol. The summed E-state index contributed by atoms with van der Waals surface area (Å²) >= 11 is 0. The van der Waals surface area contributed by atoms with Gasteiger partial charge in [0.1, 0.15) is 11.5 Å².